The van der Waals surface area contributed by atoms with Gasteiger partial charge in [-0.25, -0.2) is 8.42 Å². The van der Waals surface area contributed by atoms with Gasteiger partial charge in [0.25, 0.3) is 20.2 Å². The minimum absolute atomic E-state index is 0. The van der Waals surface area contributed by atoms with Crippen molar-refractivity contribution in [2.45, 2.75) is 14.7 Å². The maximum Gasteiger partial charge on any atom is 1.00 e. The molecule has 0 bridgehead atoms. The first-order valence-electron chi connectivity index (χ1n) is 7.59. The second kappa shape index (κ2) is 6.98. The molecule has 152 valence electrons. The molecule has 10 nitrogen and oxygen atoms in total. The summed E-state index contributed by atoms with van der Waals surface area (Å²) in [6.45, 7) is 0. The molecule has 0 amide bonds. The molecule has 30 heavy (non-hydrogen) atoms. The van der Waals surface area contributed by atoms with Gasteiger partial charge in [-0.3, -0.25) is 9.11 Å². The number of phenols is 1. The molecule has 4 aromatic carbocycles. The molecule has 0 radical (unpaired) electrons. The van der Waals surface area contributed by atoms with Gasteiger partial charge >= 0.3 is 29.6 Å². The summed E-state index contributed by atoms with van der Waals surface area (Å²) in [4.78, 5) is -2.55. The van der Waals surface area contributed by atoms with Crippen LogP contribution in [-0.4, -0.2) is 44.0 Å². The van der Waals surface area contributed by atoms with Crippen LogP contribution in [0, 0.1) is 0 Å². The van der Waals surface area contributed by atoms with Crippen molar-refractivity contribution in [3.8, 4) is 5.75 Å². The van der Waals surface area contributed by atoms with Gasteiger partial charge in [-0.1, -0.05) is 18.2 Å². The van der Waals surface area contributed by atoms with Gasteiger partial charge in [-0.2, -0.15) is 16.8 Å². The predicted octanol–water partition coefficient (Wildman–Crippen LogP) is -1.31. The first kappa shape index (κ1) is 23.1. The largest absolute Gasteiger partial charge is 1.00 e. The Morgan fingerprint density at radius 2 is 1.00 bits per heavy atom. The standard InChI is InChI=1S/C16H10O10S3.Na/c17-11-5-12(27(18,19)20)8-3-4-10-14(29(24,25)26)6-13(28(21,22)23)9-2-1-7(11)15(8)16(9)10;/h1-6,17H,(H,18,19,20)(H,21,22,23)(H,24,25,26);/q;+1/p-1. The Balaban J connectivity index is 0.00000256. The van der Waals surface area contributed by atoms with Crippen molar-refractivity contribution in [2.24, 2.45) is 0 Å². The molecule has 0 aliphatic heterocycles. The van der Waals surface area contributed by atoms with E-state index >= 15 is 0 Å². The number of benzene rings is 4. The van der Waals surface area contributed by atoms with Gasteiger partial charge < -0.3 is 9.66 Å². The average molecular weight is 480 g/mol. The average Bonchev–Trinajstić information content (AvgIpc) is 2.57. The molecular weight excluding hydrogens is 471 g/mol. The Morgan fingerprint density at radius 1 is 0.633 bits per heavy atom. The van der Waals surface area contributed by atoms with Crippen molar-refractivity contribution in [3.63, 3.8) is 0 Å². The third-order valence-electron chi connectivity index (χ3n) is 4.59. The first-order chi connectivity index (χ1) is 13.2. The summed E-state index contributed by atoms with van der Waals surface area (Å²) in [5, 5.41) is 9.33. The van der Waals surface area contributed by atoms with Crippen molar-refractivity contribution in [1.82, 2.24) is 0 Å². The third kappa shape index (κ3) is 3.45. The van der Waals surface area contributed by atoms with Crippen LogP contribution in [0.3, 0.4) is 0 Å². The third-order valence-corrected chi connectivity index (χ3v) is 7.25. The monoisotopic (exact) mass is 480 g/mol. The number of hydrogen-bond acceptors (Lipinski definition) is 8. The molecule has 0 spiro atoms. The van der Waals surface area contributed by atoms with Crippen molar-refractivity contribution < 1.29 is 73.6 Å². The van der Waals surface area contributed by atoms with Crippen LogP contribution in [0.25, 0.3) is 32.3 Å². The normalized spacial score (nSPS) is 13.2. The quantitative estimate of drug-likeness (QED) is 0.181. The second-order valence-electron chi connectivity index (χ2n) is 6.24. The van der Waals surface area contributed by atoms with Crippen LogP contribution in [-0.2, 0) is 30.4 Å². The summed E-state index contributed by atoms with van der Waals surface area (Å²) in [6.07, 6.45) is 0. The van der Waals surface area contributed by atoms with E-state index < -0.39 is 50.8 Å². The van der Waals surface area contributed by atoms with Crippen molar-refractivity contribution in [2.75, 3.05) is 0 Å². The zero-order chi connectivity index (χ0) is 21.5. The molecule has 14 heteroatoms. The Bertz CT molecular complexity index is 1620. The van der Waals surface area contributed by atoms with Gasteiger partial charge in [-0.15, -0.1) is 0 Å². The number of aromatic hydroxyl groups is 1. The van der Waals surface area contributed by atoms with Gasteiger partial charge in [0.2, 0.25) is 0 Å². The minimum Gasteiger partial charge on any atom is -0.744 e. The Morgan fingerprint density at radius 3 is 1.43 bits per heavy atom. The minimum atomic E-state index is -5.21. The fraction of sp³-hybridized carbons (Fsp3) is 0. The molecule has 0 fully saturated rings. The van der Waals surface area contributed by atoms with E-state index in [-0.39, 0.29) is 61.9 Å². The molecule has 0 aromatic heterocycles. The number of phenolic OH excluding ortho intramolecular Hbond substituents is 1. The maximum absolute atomic E-state index is 11.8. The summed E-state index contributed by atoms with van der Waals surface area (Å²) in [7, 11) is -15.0. The van der Waals surface area contributed by atoms with Crippen LogP contribution in [0.4, 0.5) is 0 Å². The number of hydrogen-bond donors (Lipinski definition) is 3. The van der Waals surface area contributed by atoms with Gasteiger partial charge in [0.15, 0.2) is 0 Å². The van der Waals surface area contributed by atoms with Crippen LogP contribution >= 0.6 is 0 Å². The van der Waals surface area contributed by atoms with E-state index in [0.717, 1.165) is 24.3 Å². The van der Waals surface area contributed by atoms with E-state index in [1.54, 1.807) is 0 Å². The van der Waals surface area contributed by atoms with Crippen LogP contribution in [0.15, 0.2) is 51.1 Å². The van der Waals surface area contributed by atoms with E-state index in [0.29, 0.717) is 6.07 Å². The fourth-order valence-electron chi connectivity index (χ4n) is 3.51. The predicted molar refractivity (Wildman–Crippen MR) is 99.4 cm³/mol. The van der Waals surface area contributed by atoms with E-state index in [2.05, 4.69) is 0 Å². The summed E-state index contributed by atoms with van der Waals surface area (Å²) >= 11 is 0. The zero-order valence-corrected chi connectivity index (χ0v) is 19.3. The molecule has 0 heterocycles. The first-order valence-corrected chi connectivity index (χ1v) is 11.9. The van der Waals surface area contributed by atoms with Gasteiger partial charge in [0, 0.05) is 38.4 Å². The van der Waals surface area contributed by atoms with Crippen molar-refractivity contribution in [1.29, 1.82) is 0 Å². The summed E-state index contributed by atoms with van der Waals surface area (Å²) < 4.78 is 101. The topological polar surface area (TPSA) is 186 Å². The molecule has 0 saturated heterocycles. The molecule has 0 saturated carbocycles. The Labute approximate surface area is 192 Å². The van der Waals surface area contributed by atoms with Gasteiger partial charge in [0.1, 0.15) is 25.7 Å². The zero-order valence-electron chi connectivity index (χ0n) is 14.9. The van der Waals surface area contributed by atoms with Gasteiger partial charge in [0.05, 0.1) is 4.90 Å². The fourth-order valence-corrected chi connectivity index (χ4v) is 5.71. The van der Waals surface area contributed by atoms with E-state index in [9.17, 15) is 44.0 Å². The van der Waals surface area contributed by atoms with E-state index in [1.807, 2.05) is 0 Å². The van der Waals surface area contributed by atoms with Crippen LogP contribution in [0.2, 0.25) is 0 Å². The second-order valence-corrected chi connectivity index (χ2v) is 10.4. The molecule has 0 aliphatic carbocycles. The van der Waals surface area contributed by atoms with Gasteiger partial charge in [-0.05, 0) is 12.1 Å². The summed E-state index contributed by atoms with van der Waals surface area (Å²) in [6, 6.07) is 5.90. The van der Waals surface area contributed by atoms with E-state index in [1.165, 1.54) is 6.07 Å². The van der Waals surface area contributed by atoms with Crippen LogP contribution < -0.4 is 29.6 Å². The summed E-state index contributed by atoms with van der Waals surface area (Å²) in [5.41, 5.74) is 0. The van der Waals surface area contributed by atoms with Crippen LogP contribution in [0.5, 0.6) is 5.75 Å². The van der Waals surface area contributed by atoms with Crippen molar-refractivity contribution in [3.05, 3.63) is 36.4 Å². The van der Waals surface area contributed by atoms with Crippen LogP contribution in [0.1, 0.15) is 0 Å². The molecule has 0 unspecified atom stereocenters. The smallest absolute Gasteiger partial charge is 0.744 e. The SMILES string of the molecule is O=S(=O)([O-])c1cc(S(=O)(=O)O)c2ccc3c(S(=O)(=O)O)cc(O)c4ccc1c2c43.[Na+]. The molecular formula is C16H9NaO10S3. The van der Waals surface area contributed by atoms with Crippen molar-refractivity contribution >= 4 is 62.7 Å². The Kier molecular flexibility index (Phi) is 5.38. The van der Waals surface area contributed by atoms with E-state index in [4.69, 9.17) is 0 Å². The molecule has 4 aromatic rings. The molecule has 0 aliphatic rings. The molecule has 0 atom stereocenters. The number of rotatable bonds is 3. The maximum atomic E-state index is 11.8. The molecule has 3 N–H and O–H groups in total. The Hall–Kier alpha value is -1.55. The molecule has 4 rings (SSSR count). The summed E-state index contributed by atoms with van der Waals surface area (Å²) in [5.74, 6) is -0.594.